The summed E-state index contributed by atoms with van der Waals surface area (Å²) in [6.07, 6.45) is 10.3. The first-order valence-electron chi connectivity index (χ1n) is 14.4. The van der Waals surface area contributed by atoms with E-state index in [1.165, 1.54) is 31.2 Å². The summed E-state index contributed by atoms with van der Waals surface area (Å²) in [7, 11) is 3.20. The molecule has 210 valence electrons. The maximum absolute atomic E-state index is 13.0. The molecule has 1 aliphatic heterocycles. The van der Waals surface area contributed by atoms with Crippen molar-refractivity contribution < 1.29 is 24.1 Å². The Hall–Kier alpha value is -1.67. The van der Waals surface area contributed by atoms with Gasteiger partial charge in [-0.2, -0.15) is 0 Å². The molecule has 0 aromatic heterocycles. The SMILES string of the molecule is CCCCC(C)N(CC(OC)OC)C(=O)CCOCCCc1ccc(O)c(C2CN(C3CCCC3)C2)c1. The number of hydrogen-bond acceptors (Lipinski definition) is 6. The second kappa shape index (κ2) is 15.7. The van der Waals surface area contributed by atoms with Gasteiger partial charge in [-0.05, 0) is 56.2 Å². The fraction of sp³-hybridized carbons (Fsp3) is 0.767. The van der Waals surface area contributed by atoms with Gasteiger partial charge in [0.2, 0.25) is 5.91 Å². The highest BCUT2D eigenvalue weighted by Crippen LogP contribution is 2.37. The molecule has 7 nitrogen and oxygen atoms in total. The van der Waals surface area contributed by atoms with Crippen molar-refractivity contribution >= 4 is 5.91 Å². The summed E-state index contributed by atoms with van der Waals surface area (Å²) >= 11 is 0. The van der Waals surface area contributed by atoms with Crippen molar-refractivity contribution in [3.05, 3.63) is 29.3 Å². The molecule has 1 saturated heterocycles. The number of aryl methyl sites for hydroxylation is 1. The Labute approximate surface area is 224 Å². The van der Waals surface area contributed by atoms with Crippen LogP contribution in [0.4, 0.5) is 0 Å². The normalized spacial score (nSPS) is 17.9. The zero-order chi connectivity index (χ0) is 26.6. The molecule has 0 radical (unpaired) electrons. The molecule has 1 saturated carbocycles. The Balaban J connectivity index is 1.38. The van der Waals surface area contributed by atoms with Crippen molar-refractivity contribution in [2.75, 3.05) is 47.1 Å². The molecule has 1 unspecified atom stereocenters. The Kier molecular flexibility index (Phi) is 12.7. The number of phenols is 1. The van der Waals surface area contributed by atoms with Crippen LogP contribution in [0.1, 0.15) is 88.7 Å². The average molecular weight is 519 g/mol. The summed E-state index contributed by atoms with van der Waals surface area (Å²) in [5.41, 5.74) is 2.34. The summed E-state index contributed by atoms with van der Waals surface area (Å²) in [6, 6.07) is 6.97. The maximum atomic E-state index is 13.0. The lowest BCUT2D eigenvalue weighted by atomic mass is 9.87. The molecule has 1 N–H and O–H groups in total. The number of nitrogens with zero attached hydrogens (tertiary/aromatic N) is 2. The van der Waals surface area contributed by atoms with Crippen LogP contribution in [0.3, 0.4) is 0 Å². The molecule has 1 aliphatic carbocycles. The maximum Gasteiger partial charge on any atom is 0.225 e. The topological polar surface area (TPSA) is 71.5 Å². The molecule has 37 heavy (non-hydrogen) atoms. The number of phenolic OH excluding ortho intramolecular Hbond substituents is 1. The van der Waals surface area contributed by atoms with Gasteiger partial charge >= 0.3 is 0 Å². The quantitative estimate of drug-likeness (QED) is 0.229. The minimum absolute atomic E-state index is 0.0815. The molecule has 1 amide bonds. The average Bonchev–Trinajstić information content (AvgIpc) is 3.40. The first-order chi connectivity index (χ1) is 18.0. The van der Waals surface area contributed by atoms with Crippen molar-refractivity contribution in [3.63, 3.8) is 0 Å². The zero-order valence-electron chi connectivity index (χ0n) is 23.6. The Bertz CT molecular complexity index is 803. The number of aromatic hydroxyl groups is 1. The lowest BCUT2D eigenvalue weighted by molar-refractivity contribution is -0.150. The van der Waals surface area contributed by atoms with Crippen LogP contribution in [-0.4, -0.2) is 86.3 Å². The van der Waals surface area contributed by atoms with Crippen molar-refractivity contribution in [1.82, 2.24) is 9.80 Å². The first kappa shape index (κ1) is 29.9. The van der Waals surface area contributed by atoms with Gasteiger partial charge in [0.1, 0.15) is 5.75 Å². The van der Waals surface area contributed by atoms with Gasteiger partial charge in [-0.25, -0.2) is 0 Å². The van der Waals surface area contributed by atoms with Gasteiger partial charge in [0, 0.05) is 51.9 Å². The van der Waals surface area contributed by atoms with E-state index in [9.17, 15) is 9.90 Å². The lowest BCUT2D eigenvalue weighted by Gasteiger charge is -2.43. The Morgan fingerprint density at radius 2 is 1.86 bits per heavy atom. The molecule has 1 atom stereocenters. The lowest BCUT2D eigenvalue weighted by Crippen LogP contribution is -2.49. The van der Waals surface area contributed by atoms with Gasteiger partial charge in [0.05, 0.1) is 19.6 Å². The van der Waals surface area contributed by atoms with Gasteiger partial charge < -0.3 is 24.2 Å². The van der Waals surface area contributed by atoms with Gasteiger partial charge in [-0.15, -0.1) is 0 Å². The number of ether oxygens (including phenoxy) is 3. The van der Waals surface area contributed by atoms with Gasteiger partial charge in [-0.1, -0.05) is 44.7 Å². The number of benzene rings is 1. The standard InChI is InChI=1S/C30H50N2O5/c1-5-6-10-23(2)32(22-30(35-3)36-4)29(34)16-18-37-17-9-11-24-14-15-28(33)27(19-24)25-20-31(21-25)26-12-7-8-13-26/h14-15,19,23,25-26,30,33H,5-13,16-18,20-22H2,1-4H3. The number of unbranched alkanes of at least 4 members (excludes halogenated alkanes) is 1. The molecular weight excluding hydrogens is 468 g/mol. The van der Waals surface area contributed by atoms with E-state index in [0.717, 1.165) is 56.8 Å². The Morgan fingerprint density at radius 3 is 2.54 bits per heavy atom. The summed E-state index contributed by atoms with van der Waals surface area (Å²) in [5.74, 6) is 0.954. The van der Waals surface area contributed by atoms with Crippen LogP contribution in [0.2, 0.25) is 0 Å². The van der Waals surface area contributed by atoms with Crippen molar-refractivity contribution in [2.45, 2.75) is 102 Å². The second-order valence-corrected chi connectivity index (χ2v) is 10.9. The van der Waals surface area contributed by atoms with Crippen LogP contribution in [0.5, 0.6) is 5.75 Å². The number of rotatable bonds is 17. The summed E-state index contributed by atoms with van der Waals surface area (Å²) in [6.45, 7) is 7.87. The smallest absolute Gasteiger partial charge is 0.225 e. The highest BCUT2D eigenvalue weighted by Gasteiger charge is 2.35. The molecule has 7 heteroatoms. The molecule has 1 aromatic rings. The summed E-state index contributed by atoms with van der Waals surface area (Å²) in [4.78, 5) is 17.4. The molecule has 2 fully saturated rings. The second-order valence-electron chi connectivity index (χ2n) is 10.9. The first-order valence-corrected chi connectivity index (χ1v) is 14.4. The molecule has 0 spiro atoms. The van der Waals surface area contributed by atoms with E-state index in [1.807, 2.05) is 17.0 Å². The number of carbonyl (C=O) groups is 1. The third-order valence-electron chi connectivity index (χ3n) is 8.20. The molecular formula is C30H50N2O5. The highest BCUT2D eigenvalue weighted by molar-refractivity contribution is 5.76. The van der Waals surface area contributed by atoms with E-state index in [1.54, 1.807) is 14.2 Å². The third kappa shape index (κ3) is 8.95. The predicted molar refractivity (Wildman–Crippen MR) is 147 cm³/mol. The van der Waals surface area contributed by atoms with E-state index in [2.05, 4.69) is 24.8 Å². The highest BCUT2D eigenvalue weighted by atomic mass is 16.7. The number of amides is 1. The van der Waals surface area contributed by atoms with Crippen LogP contribution in [0.25, 0.3) is 0 Å². The van der Waals surface area contributed by atoms with Crippen LogP contribution < -0.4 is 0 Å². The van der Waals surface area contributed by atoms with E-state index >= 15 is 0 Å². The predicted octanol–water partition coefficient (Wildman–Crippen LogP) is 5.10. The van der Waals surface area contributed by atoms with E-state index < -0.39 is 6.29 Å². The van der Waals surface area contributed by atoms with Gasteiger partial charge in [0.15, 0.2) is 6.29 Å². The zero-order valence-corrected chi connectivity index (χ0v) is 23.6. The number of carbonyl (C=O) groups excluding carboxylic acids is 1. The summed E-state index contributed by atoms with van der Waals surface area (Å²) in [5, 5.41) is 10.4. The largest absolute Gasteiger partial charge is 0.508 e. The van der Waals surface area contributed by atoms with Crippen LogP contribution >= 0.6 is 0 Å². The van der Waals surface area contributed by atoms with Crippen LogP contribution in [0.15, 0.2) is 18.2 Å². The number of hydrogen-bond donors (Lipinski definition) is 1. The van der Waals surface area contributed by atoms with Gasteiger partial charge in [0.25, 0.3) is 0 Å². The Morgan fingerprint density at radius 1 is 1.14 bits per heavy atom. The number of methoxy groups -OCH3 is 2. The van der Waals surface area contributed by atoms with Crippen LogP contribution in [-0.2, 0) is 25.4 Å². The fourth-order valence-corrected chi connectivity index (χ4v) is 5.74. The molecule has 1 aromatic carbocycles. The van der Waals surface area contributed by atoms with Crippen molar-refractivity contribution in [3.8, 4) is 5.75 Å². The molecule has 3 rings (SSSR count). The van der Waals surface area contributed by atoms with Crippen LogP contribution in [0, 0.1) is 0 Å². The molecule has 1 heterocycles. The minimum atomic E-state index is -0.421. The summed E-state index contributed by atoms with van der Waals surface area (Å²) < 4.78 is 16.5. The van der Waals surface area contributed by atoms with E-state index in [-0.39, 0.29) is 11.9 Å². The van der Waals surface area contributed by atoms with E-state index in [0.29, 0.717) is 37.8 Å². The van der Waals surface area contributed by atoms with Crippen molar-refractivity contribution in [1.29, 1.82) is 0 Å². The van der Waals surface area contributed by atoms with Crippen molar-refractivity contribution in [2.24, 2.45) is 0 Å². The monoisotopic (exact) mass is 518 g/mol. The van der Waals surface area contributed by atoms with E-state index in [4.69, 9.17) is 14.2 Å². The fourth-order valence-electron chi connectivity index (χ4n) is 5.74. The molecule has 2 aliphatic rings. The number of likely N-dealkylation sites (tertiary alicyclic amines) is 1. The third-order valence-corrected chi connectivity index (χ3v) is 8.20. The minimum Gasteiger partial charge on any atom is -0.508 e. The van der Waals surface area contributed by atoms with Gasteiger partial charge in [-0.3, -0.25) is 9.69 Å². The molecule has 0 bridgehead atoms.